The minimum absolute atomic E-state index is 0.0957. The lowest BCUT2D eigenvalue weighted by molar-refractivity contribution is -0.115. The van der Waals surface area contributed by atoms with Gasteiger partial charge in [-0.05, 0) is 36.6 Å². The molecule has 0 bridgehead atoms. The van der Waals surface area contributed by atoms with Gasteiger partial charge in [0, 0.05) is 18.8 Å². The Morgan fingerprint density at radius 2 is 1.76 bits per heavy atom. The van der Waals surface area contributed by atoms with Gasteiger partial charge in [0.25, 0.3) is 5.91 Å². The van der Waals surface area contributed by atoms with E-state index < -0.39 is 0 Å². The molecule has 1 amide bonds. The smallest absolute Gasteiger partial charge is 0.263 e. The summed E-state index contributed by atoms with van der Waals surface area (Å²) in [7, 11) is 0. The van der Waals surface area contributed by atoms with E-state index in [4.69, 9.17) is 12.2 Å². The molecule has 110 valence electrons. The van der Waals surface area contributed by atoms with E-state index >= 15 is 0 Å². The van der Waals surface area contributed by atoms with E-state index in [0.29, 0.717) is 9.23 Å². The Kier molecular flexibility index (Phi) is 4.60. The molecule has 1 aromatic rings. The van der Waals surface area contributed by atoms with Crippen LogP contribution in [0.25, 0.3) is 6.08 Å². The molecule has 0 unspecified atom stereocenters. The summed E-state index contributed by atoms with van der Waals surface area (Å²) in [4.78, 5) is 14.8. The number of thiocarbonyl (C=S) groups is 1. The number of carbonyl (C=O) groups is 1. The average Bonchev–Trinajstić information content (AvgIpc) is 2.71. The Morgan fingerprint density at radius 1 is 1.10 bits per heavy atom. The molecule has 5 heteroatoms. The zero-order chi connectivity index (χ0) is 14.7. The van der Waals surface area contributed by atoms with E-state index in [1.165, 1.54) is 43.1 Å². The molecule has 2 aliphatic heterocycles. The summed E-state index contributed by atoms with van der Waals surface area (Å²) >= 11 is 6.32. The topological polar surface area (TPSA) is 32.3 Å². The van der Waals surface area contributed by atoms with Gasteiger partial charge in [0.15, 0.2) is 0 Å². The van der Waals surface area contributed by atoms with Gasteiger partial charge < -0.3 is 10.2 Å². The van der Waals surface area contributed by atoms with Crippen molar-refractivity contribution in [2.24, 2.45) is 0 Å². The molecule has 2 aliphatic rings. The molecule has 0 aromatic heterocycles. The van der Waals surface area contributed by atoms with Gasteiger partial charge >= 0.3 is 0 Å². The van der Waals surface area contributed by atoms with Gasteiger partial charge in [-0.2, -0.15) is 0 Å². The summed E-state index contributed by atoms with van der Waals surface area (Å²) in [6.45, 7) is 2.29. The van der Waals surface area contributed by atoms with Gasteiger partial charge in [0.2, 0.25) is 0 Å². The van der Waals surface area contributed by atoms with Gasteiger partial charge in [-0.15, -0.1) is 0 Å². The van der Waals surface area contributed by atoms with Crippen LogP contribution in [0.1, 0.15) is 31.2 Å². The summed E-state index contributed by atoms with van der Waals surface area (Å²) in [6.07, 6.45) is 7.13. The number of benzene rings is 1. The third-order valence-electron chi connectivity index (χ3n) is 3.80. The molecule has 0 aliphatic carbocycles. The highest BCUT2D eigenvalue weighted by atomic mass is 32.2. The molecular formula is C16H18N2OS2. The first kappa shape index (κ1) is 14.6. The Bertz CT molecular complexity index is 572. The maximum absolute atomic E-state index is 11.6. The second-order valence-electron chi connectivity index (χ2n) is 5.35. The fourth-order valence-corrected chi connectivity index (χ4v) is 3.73. The van der Waals surface area contributed by atoms with Crippen molar-refractivity contribution in [1.29, 1.82) is 0 Å². The molecule has 21 heavy (non-hydrogen) atoms. The molecule has 0 atom stereocenters. The second-order valence-corrected chi connectivity index (χ2v) is 7.06. The molecule has 0 radical (unpaired) electrons. The predicted molar refractivity (Wildman–Crippen MR) is 93.4 cm³/mol. The van der Waals surface area contributed by atoms with Gasteiger partial charge in [-0.25, -0.2) is 0 Å². The van der Waals surface area contributed by atoms with Crippen molar-refractivity contribution in [2.45, 2.75) is 25.7 Å². The molecule has 1 aromatic carbocycles. The second kappa shape index (κ2) is 6.62. The van der Waals surface area contributed by atoms with Crippen molar-refractivity contribution in [2.75, 3.05) is 18.0 Å². The Hall–Kier alpha value is -1.33. The van der Waals surface area contributed by atoms with Crippen molar-refractivity contribution >= 4 is 46.0 Å². The SMILES string of the molecule is O=C1NC(=S)SC1=Cc1ccc(N2CCCCCC2)cc1. The van der Waals surface area contributed by atoms with Gasteiger partial charge in [0.05, 0.1) is 4.91 Å². The first-order valence-corrected chi connectivity index (χ1v) is 8.55. The van der Waals surface area contributed by atoms with Crippen LogP contribution >= 0.6 is 24.0 Å². The zero-order valence-electron chi connectivity index (χ0n) is 11.8. The molecule has 2 saturated heterocycles. The highest BCUT2D eigenvalue weighted by Crippen LogP contribution is 2.27. The van der Waals surface area contributed by atoms with E-state index in [2.05, 4.69) is 34.5 Å². The largest absolute Gasteiger partial charge is 0.372 e. The van der Waals surface area contributed by atoms with Gasteiger partial charge in [-0.1, -0.05) is 49.0 Å². The van der Waals surface area contributed by atoms with Crippen LogP contribution in [0.15, 0.2) is 29.2 Å². The Balaban J connectivity index is 1.73. The summed E-state index contributed by atoms with van der Waals surface area (Å²) in [6, 6.07) is 8.44. The lowest BCUT2D eigenvalue weighted by atomic mass is 10.1. The Morgan fingerprint density at radius 3 is 2.33 bits per heavy atom. The number of nitrogens with zero attached hydrogens (tertiary/aromatic N) is 1. The summed E-state index contributed by atoms with van der Waals surface area (Å²) in [5, 5.41) is 2.64. The molecule has 3 rings (SSSR count). The van der Waals surface area contributed by atoms with Crippen LogP contribution in [-0.2, 0) is 4.79 Å². The van der Waals surface area contributed by atoms with Crippen molar-refractivity contribution in [3.05, 3.63) is 34.7 Å². The lowest BCUT2D eigenvalue weighted by Crippen LogP contribution is -2.23. The van der Waals surface area contributed by atoms with Crippen LogP contribution in [0.3, 0.4) is 0 Å². The minimum atomic E-state index is -0.0957. The van der Waals surface area contributed by atoms with Crippen LogP contribution in [0, 0.1) is 0 Å². The highest BCUT2D eigenvalue weighted by molar-refractivity contribution is 8.26. The van der Waals surface area contributed by atoms with Crippen molar-refractivity contribution < 1.29 is 4.79 Å². The van der Waals surface area contributed by atoms with Crippen LogP contribution in [0.4, 0.5) is 5.69 Å². The third-order valence-corrected chi connectivity index (χ3v) is 4.97. The maximum atomic E-state index is 11.6. The third kappa shape index (κ3) is 3.66. The monoisotopic (exact) mass is 318 g/mol. The number of rotatable bonds is 2. The van der Waals surface area contributed by atoms with Gasteiger partial charge in [0.1, 0.15) is 4.32 Å². The predicted octanol–water partition coefficient (Wildman–Crippen LogP) is 3.56. The van der Waals surface area contributed by atoms with Crippen LogP contribution < -0.4 is 10.2 Å². The number of anilines is 1. The number of nitrogens with one attached hydrogen (secondary N) is 1. The number of amides is 1. The number of hydrogen-bond acceptors (Lipinski definition) is 4. The average molecular weight is 318 g/mol. The number of thioether (sulfide) groups is 1. The minimum Gasteiger partial charge on any atom is -0.372 e. The highest BCUT2D eigenvalue weighted by Gasteiger charge is 2.21. The fourth-order valence-electron chi connectivity index (χ4n) is 2.68. The van der Waals surface area contributed by atoms with Gasteiger partial charge in [-0.3, -0.25) is 4.79 Å². The van der Waals surface area contributed by atoms with E-state index in [-0.39, 0.29) is 5.91 Å². The standard InChI is InChI=1S/C16H18N2OS2/c19-15-14(21-16(20)17-15)11-12-5-7-13(8-6-12)18-9-3-1-2-4-10-18/h5-8,11H,1-4,9-10H2,(H,17,19,20). The molecule has 2 fully saturated rings. The summed E-state index contributed by atoms with van der Waals surface area (Å²) < 4.78 is 0.535. The zero-order valence-corrected chi connectivity index (χ0v) is 13.4. The maximum Gasteiger partial charge on any atom is 0.263 e. The van der Waals surface area contributed by atoms with E-state index in [1.54, 1.807) is 0 Å². The summed E-state index contributed by atoms with van der Waals surface area (Å²) in [5.74, 6) is -0.0957. The molecule has 0 spiro atoms. The van der Waals surface area contributed by atoms with E-state index in [0.717, 1.165) is 18.7 Å². The molecular weight excluding hydrogens is 300 g/mol. The number of carbonyl (C=O) groups excluding carboxylic acids is 1. The first-order valence-electron chi connectivity index (χ1n) is 7.32. The molecule has 3 nitrogen and oxygen atoms in total. The first-order chi connectivity index (χ1) is 10.2. The normalized spacial score (nSPS) is 21.5. The fraction of sp³-hybridized carbons (Fsp3) is 0.375. The quantitative estimate of drug-likeness (QED) is 0.667. The number of hydrogen-bond donors (Lipinski definition) is 1. The summed E-state index contributed by atoms with van der Waals surface area (Å²) in [5.41, 5.74) is 2.31. The Labute approximate surface area is 134 Å². The van der Waals surface area contributed by atoms with Crippen molar-refractivity contribution in [3.63, 3.8) is 0 Å². The van der Waals surface area contributed by atoms with Crippen LogP contribution in [-0.4, -0.2) is 23.3 Å². The molecule has 2 heterocycles. The van der Waals surface area contributed by atoms with Crippen molar-refractivity contribution in [1.82, 2.24) is 5.32 Å². The van der Waals surface area contributed by atoms with Crippen LogP contribution in [0.2, 0.25) is 0 Å². The van der Waals surface area contributed by atoms with E-state index in [1.807, 2.05) is 6.08 Å². The van der Waals surface area contributed by atoms with E-state index in [9.17, 15) is 4.79 Å². The van der Waals surface area contributed by atoms with Crippen molar-refractivity contribution in [3.8, 4) is 0 Å². The molecule has 0 saturated carbocycles. The lowest BCUT2D eigenvalue weighted by Gasteiger charge is -2.22. The van der Waals surface area contributed by atoms with Crippen LogP contribution in [0.5, 0.6) is 0 Å². The molecule has 1 N–H and O–H groups in total.